The Morgan fingerprint density at radius 2 is 1.96 bits per heavy atom. The van der Waals surface area contributed by atoms with Gasteiger partial charge in [-0.2, -0.15) is 13.2 Å². The highest BCUT2D eigenvalue weighted by Crippen LogP contribution is 2.35. The third kappa shape index (κ3) is 3.91. The molecule has 1 aromatic rings. The van der Waals surface area contributed by atoms with E-state index in [0.717, 1.165) is 31.7 Å². The van der Waals surface area contributed by atoms with Crippen molar-refractivity contribution in [3.63, 3.8) is 0 Å². The molecule has 24 heavy (non-hydrogen) atoms. The Morgan fingerprint density at radius 3 is 2.62 bits per heavy atom. The SMILES string of the molecule is O=C(NC1CCCCC1)N1CC(Oc2ncccc2C(F)(F)F)C1. The summed E-state index contributed by atoms with van der Waals surface area (Å²) in [7, 11) is 0. The normalized spacial score (nSPS) is 19.7. The Labute approximate surface area is 138 Å². The highest BCUT2D eigenvalue weighted by Gasteiger charge is 2.38. The molecule has 1 saturated carbocycles. The van der Waals surface area contributed by atoms with E-state index in [1.807, 2.05) is 0 Å². The van der Waals surface area contributed by atoms with Crippen LogP contribution in [-0.2, 0) is 6.18 Å². The quantitative estimate of drug-likeness (QED) is 0.917. The van der Waals surface area contributed by atoms with Gasteiger partial charge in [0.1, 0.15) is 11.7 Å². The van der Waals surface area contributed by atoms with Gasteiger partial charge in [-0.3, -0.25) is 0 Å². The van der Waals surface area contributed by atoms with E-state index in [4.69, 9.17) is 4.74 Å². The molecule has 1 N–H and O–H groups in total. The molecule has 0 unspecified atom stereocenters. The molecule has 1 saturated heterocycles. The highest BCUT2D eigenvalue weighted by molar-refractivity contribution is 5.75. The van der Waals surface area contributed by atoms with Gasteiger partial charge in [0.2, 0.25) is 5.88 Å². The summed E-state index contributed by atoms with van der Waals surface area (Å²) in [5.74, 6) is -0.428. The number of nitrogens with zero attached hydrogens (tertiary/aromatic N) is 2. The molecule has 2 aliphatic rings. The fraction of sp³-hybridized carbons (Fsp3) is 0.625. The molecular formula is C16H20F3N3O2. The molecule has 0 bridgehead atoms. The molecule has 132 valence electrons. The number of hydrogen-bond donors (Lipinski definition) is 1. The Balaban J connectivity index is 1.50. The predicted octanol–water partition coefficient (Wildman–Crippen LogP) is 3.21. The number of nitrogens with one attached hydrogen (secondary N) is 1. The fourth-order valence-electron chi connectivity index (χ4n) is 3.05. The van der Waals surface area contributed by atoms with Crippen LogP contribution in [0.15, 0.2) is 18.3 Å². The van der Waals surface area contributed by atoms with Gasteiger partial charge in [0.05, 0.1) is 13.1 Å². The van der Waals surface area contributed by atoms with Gasteiger partial charge in [-0.25, -0.2) is 9.78 Å². The maximum atomic E-state index is 12.9. The Morgan fingerprint density at radius 1 is 1.25 bits per heavy atom. The molecule has 8 heteroatoms. The fourth-order valence-corrected chi connectivity index (χ4v) is 3.05. The van der Waals surface area contributed by atoms with Gasteiger partial charge in [0.25, 0.3) is 0 Å². The molecule has 5 nitrogen and oxygen atoms in total. The van der Waals surface area contributed by atoms with E-state index in [1.54, 1.807) is 4.90 Å². The van der Waals surface area contributed by atoms with Gasteiger partial charge in [-0.15, -0.1) is 0 Å². The number of rotatable bonds is 3. The number of alkyl halides is 3. The molecule has 1 aromatic heterocycles. The van der Waals surface area contributed by atoms with Crippen molar-refractivity contribution in [1.29, 1.82) is 0 Å². The van der Waals surface area contributed by atoms with Crippen molar-refractivity contribution < 1.29 is 22.7 Å². The zero-order valence-electron chi connectivity index (χ0n) is 13.2. The summed E-state index contributed by atoms with van der Waals surface area (Å²) >= 11 is 0. The number of likely N-dealkylation sites (tertiary alicyclic amines) is 1. The second-order valence-corrected chi connectivity index (χ2v) is 6.28. The van der Waals surface area contributed by atoms with Crippen molar-refractivity contribution in [3.8, 4) is 5.88 Å². The first-order chi connectivity index (χ1) is 11.4. The maximum Gasteiger partial charge on any atom is 0.421 e. The van der Waals surface area contributed by atoms with Crippen LogP contribution in [0, 0.1) is 0 Å². The number of pyridine rings is 1. The number of hydrogen-bond acceptors (Lipinski definition) is 3. The number of ether oxygens (including phenoxy) is 1. The number of amides is 2. The predicted molar refractivity (Wildman–Crippen MR) is 80.6 cm³/mol. The molecule has 2 amide bonds. The van der Waals surface area contributed by atoms with Crippen LogP contribution in [0.4, 0.5) is 18.0 Å². The average Bonchev–Trinajstić information content (AvgIpc) is 2.50. The second-order valence-electron chi connectivity index (χ2n) is 6.28. The van der Waals surface area contributed by atoms with E-state index in [1.165, 1.54) is 18.7 Å². The van der Waals surface area contributed by atoms with Crippen LogP contribution in [0.2, 0.25) is 0 Å². The lowest BCUT2D eigenvalue weighted by Crippen LogP contribution is -2.60. The molecule has 1 aliphatic heterocycles. The van der Waals surface area contributed by atoms with Crippen molar-refractivity contribution >= 4 is 6.03 Å². The van der Waals surface area contributed by atoms with Crippen LogP contribution in [0.5, 0.6) is 5.88 Å². The zero-order valence-corrected chi connectivity index (χ0v) is 13.2. The van der Waals surface area contributed by atoms with Crippen molar-refractivity contribution in [2.75, 3.05) is 13.1 Å². The minimum absolute atomic E-state index is 0.168. The van der Waals surface area contributed by atoms with E-state index in [9.17, 15) is 18.0 Å². The van der Waals surface area contributed by atoms with Crippen LogP contribution in [0.25, 0.3) is 0 Å². The van der Waals surface area contributed by atoms with Crippen LogP contribution >= 0.6 is 0 Å². The summed E-state index contributed by atoms with van der Waals surface area (Å²) in [4.78, 5) is 17.3. The van der Waals surface area contributed by atoms with Gasteiger partial charge in [-0.1, -0.05) is 19.3 Å². The summed E-state index contributed by atoms with van der Waals surface area (Å²) in [6, 6.07) is 2.20. The lowest BCUT2D eigenvalue weighted by molar-refractivity contribution is -0.140. The number of aromatic nitrogens is 1. The molecule has 0 atom stereocenters. The standard InChI is InChI=1S/C16H20F3N3O2/c17-16(18,19)13-7-4-8-20-14(13)24-12-9-22(10-12)15(23)21-11-5-2-1-3-6-11/h4,7-8,11-12H,1-3,5-6,9-10H2,(H,21,23). The first-order valence-corrected chi connectivity index (χ1v) is 8.18. The summed E-state index contributed by atoms with van der Waals surface area (Å²) in [6.45, 7) is 0.541. The molecule has 0 spiro atoms. The molecule has 0 radical (unpaired) electrons. The summed E-state index contributed by atoms with van der Waals surface area (Å²) in [5.41, 5.74) is -0.893. The first-order valence-electron chi connectivity index (χ1n) is 8.18. The topological polar surface area (TPSA) is 54.5 Å². The minimum Gasteiger partial charge on any atom is -0.470 e. The van der Waals surface area contributed by atoms with E-state index in [0.29, 0.717) is 0 Å². The van der Waals surface area contributed by atoms with Crippen molar-refractivity contribution in [1.82, 2.24) is 15.2 Å². The lowest BCUT2D eigenvalue weighted by Gasteiger charge is -2.39. The van der Waals surface area contributed by atoms with Gasteiger partial charge >= 0.3 is 12.2 Å². The van der Waals surface area contributed by atoms with Crippen LogP contribution < -0.4 is 10.1 Å². The van der Waals surface area contributed by atoms with E-state index in [2.05, 4.69) is 10.3 Å². The van der Waals surface area contributed by atoms with Crippen LogP contribution in [0.1, 0.15) is 37.7 Å². The third-order valence-electron chi connectivity index (χ3n) is 4.42. The Bertz CT molecular complexity index is 582. The van der Waals surface area contributed by atoms with E-state index < -0.39 is 23.7 Å². The molecular weight excluding hydrogens is 323 g/mol. The average molecular weight is 343 g/mol. The van der Waals surface area contributed by atoms with Crippen molar-refractivity contribution in [2.24, 2.45) is 0 Å². The van der Waals surface area contributed by atoms with Crippen molar-refractivity contribution in [2.45, 2.75) is 50.4 Å². The molecule has 3 rings (SSSR count). The maximum absolute atomic E-state index is 12.9. The van der Waals surface area contributed by atoms with Gasteiger partial charge in [-0.05, 0) is 25.0 Å². The second kappa shape index (κ2) is 6.86. The number of carbonyl (C=O) groups is 1. The van der Waals surface area contributed by atoms with Crippen LogP contribution in [0.3, 0.4) is 0 Å². The monoisotopic (exact) mass is 343 g/mol. The molecule has 2 heterocycles. The molecule has 2 fully saturated rings. The number of carbonyl (C=O) groups excluding carboxylic acids is 1. The highest BCUT2D eigenvalue weighted by atomic mass is 19.4. The number of urea groups is 1. The Hall–Kier alpha value is -1.99. The van der Waals surface area contributed by atoms with Gasteiger partial charge < -0.3 is 15.0 Å². The first kappa shape index (κ1) is 16.9. The largest absolute Gasteiger partial charge is 0.470 e. The molecule has 0 aromatic carbocycles. The van der Waals surface area contributed by atoms with E-state index >= 15 is 0 Å². The van der Waals surface area contributed by atoms with Gasteiger partial charge in [0, 0.05) is 12.2 Å². The summed E-state index contributed by atoms with van der Waals surface area (Å²) < 4.78 is 44.0. The number of halogens is 3. The zero-order chi connectivity index (χ0) is 17.2. The summed E-state index contributed by atoms with van der Waals surface area (Å²) in [6.07, 6.45) is 1.72. The Kier molecular flexibility index (Phi) is 4.82. The van der Waals surface area contributed by atoms with Crippen molar-refractivity contribution in [3.05, 3.63) is 23.9 Å². The minimum atomic E-state index is -4.51. The summed E-state index contributed by atoms with van der Waals surface area (Å²) in [5, 5.41) is 2.98. The smallest absolute Gasteiger partial charge is 0.421 e. The van der Waals surface area contributed by atoms with Crippen LogP contribution in [-0.4, -0.2) is 41.2 Å². The third-order valence-corrected chi connectivity index (χ3v) is 4.42. The molecule has 1 aliphatic carbocycles. The lowest BCUT2D eigenvalue weighted by atomic mass is 9.95. The van der Waals surface area contributed by atoms with Gasteiger partial charge in [0.15, 0.2) is 0 Å². The van der Waals surface area contributed by atoms with E-state index in [-0.39, 0.29) is 25.2 Å².